The Balaban J connectivity index is 2.73. The average Bonchev–Trinajstić information content (AvgIpc) is 2.76. The van der Waals surface area contributed by atoms with Crippen molar-refractivity contribution in [1.29, 1.82) is 0 Å². The number of carbonyl (C=O) groups is 1. The molecule has 1 aromatic carbocycles. The summed E-state index contributed by atoms with van der Waals surface area (Å²) in [4.78, 5) is 11.2. The van der Waals surface area contributed by atoms with E-state index in [4.69, 9.17) is 5.11 Å². The van der Waals surface area contributed by atoms with Gasteiger partial charge in [0.05, 0.1) is 5.56 Å². The molecule has 2 aromatic rings. The van der Waals surface area contributed by atoms with Crippen molar-refractivity contribution in [2.24, 2.45) is 0 Å². The van der Waals surface area contributed by atoms with Crippen LogP contribution in [0.25, 0.3) is 5.69 Å². The zero-order valence-electron chi connectivity index (χ0n) is 10.8. The Bertz CT molecular complexity index is 631. The Hall–Kier alpha value is -2.31. The number of nitrogens with zero attached hydrogens (tertiary/aromatic N) is 4. The van der Waals surface area contributed by atoms with Crippen LogP contribution in [0.3, 0.4) is 0 Å². The minimum Gasteiger partial charge on any atom is -0.478 e. The SMILES string of the molecule is CC(C)(C)c1nnnn1-c1c(F)cccc1C(=O)O. The fourth-order valence-corrected chi connectivity index (χ4v) is 1.71. The zero-order chi connectivity index (χ0) is 14.2. The van der Waals surface area contributed by atoms with Gasteiger partial charge in [-0.15, -0.1) is 5.10 Å². The van der Waals surface area contributed by atoms with E-state index in [1.165, 1.54) is 18.2 Å². The molecule has 0 amide bonds. The first-order valence-electron chi connectivity index (χ1n) is 5.63. The first-order chi connectivity index (χ1) is 8.82. The van der Waals surface area contributed by atoms with Crippen molar-refractivity contribution in [2.45, 2.75) is 26.2 Å². The lowest BCUT2D eigenvalue weighted by Crippen LogP contribution is -2.21. The van der Waals surface area contributed by atoms with E-state index in [9.17, 15) is 9.18 Å². The third-order valence-corrected chi connectivity index (χ3v) is 2.57. The molecule has 7 heteroatoms. The highest BCUT2D eigenvalue weighted by molar-refractivity contribution is 5.92. The molecule has 1 N–H and O–H groups in total. The molecule has 0 aliphatic heterocycles. The van der Waals surface area contributed by atoms with Crippen molar-refractivity contribution in [1.82, 2.24) is 20.2 Å². The lowest BCUT2D eigenvalue weighted by molar-refractivity contribution is 0.0696. The average molecular weight is 264 g/mol. The number of aromatic nitrogens is 4. The third kappa shape index (κ3) is 2.31. The molecule has 0 saturated heterocycles. The topological polar surface area (TPSA) is 80.9 Å². The lowest BCUT2D eigenvalue weighted by atomic mass is 9.95. The fraction of sp³-hybridized carbons (Fsp3) is 0.333. The van der Waals surface area contributed by atoms with E-state index in [-0.39, 0.29) is 11.3 Å². The molecule has 2 rings (SSSR count). The molecule has 0 aliphatic carbocycles. The quantitative estimate of drug-likeness (QED) is 0.894. The summed E-state index contributed by atoms with van der Waals surface area (Å²) in [5.41, 5.74) is -0.774. The molecule has 1 heterocycles. The van der Waals surface area contributed by atoms with Crippen LogP contribution in [-0.2, 0) is 5.41 Å². The van der Waals surface area contributed by atoms with Crippen molar-refractivity contribution < 1.29 is 14.3 Å². The molecule has 0 fully saturated rings. The highest BCUT2D eigenvalue weighted by atomic mass is 19.1. The summed E-state index contributed by atoms with van der Waals surface area (Å²) in [7, 11) is 0. The van der Waals surface area contributed by atoms with Crippen LogP contribution in [0.5, 0.6) is 0 Å². The molecule has 0 radical (unpaired) electrons. The van der Waals surface area contributed by atoms with Crippen molar-refractivity contribution in [2.75, 3.05) is 0 Å². The highest BCUT2D eigenvalue weighted by Crippen LogP contribution is 2.25. The van der Waals surface area contributed by atoms with Crippen molar-refractivity contribution in [3.05, 3.63) is 35.4 Å². The number of hydrogen-bond donors (Lipinski definition) is 1. The molecule has 6 nitrogen and oxygen atoms in total. The van der Waals surface area contributed by atoms with Gasteiger partial charge in [-0.25, -0.2) is 9.18 Å². The summed E-state index contributed by atoms with van der Waals surface area (Å²) in [5, 5.41) is 20.2. The molecule has 19 heavy (non-hydrogen) atoms. The maximum absolute atomic E-state index is 14.0. The van der Waals surface area contributed by atoms with Gasteiger partial charge in [0.25, 0.3) is 0 Å². The predicted octanol–water partition coefficient (Wildman–Crippen LogP) is 1.80. The number of aromatic carboxylic acids is 1. The van der Waals surface area contributed by atoms with Gasteiger partial charge < -0.3 is 5.11 Å². The highest BCUT2D eigenvalue weighted by Gasteiger charge is 2.26. The number of hydrogen-bond acceptors (Lipinski definition) is 4. The molecule has 0 spiro atoms. The van der Waals surface area contributed by atoms with E-state index in [1.54, 1.807) is 0 Å². The van der Waals surface area contributed by atoms with E-state index < -0.39 is 17.2 Å². The van der Waals surface area contributed by atoms with E-state index in [2.05, 4.69) is 15.5 Å². The maximum atomic E-state index is 14.0. The van der Waals surface area contributed by atoms with Gasteiger partial charge in [0.15, 0.2) is 5.82 Å². The number of halogens is 1. The second kappa shape index (κ2) is 4.42. The van der Waals surface area contributed by atoms with Crippen LogP contribution < -0.4 is 0 Å². The van der Waals surface area contributed by atoms with Crippen LogP contribution >= 0.6 is 0 Å². The number of para-hydroxylation sites is 1. The van der Waals surface area contributed by atoms with Crippen LogP contribution in [-0.4, -0.2) is 31.3 Å². The van der Waals surface area contributed by atoms with Crippen LogP contribution in [0.4, 0.5) is 4.39 Å². The molecule has 0 unspecified atom stereocenters. The Morgan fingerprint density at radius 2 is 2.05 bits per heavy atom. The summed E-state index contributed by atoms with van der Waals surface area (Å²) in [5.74, 6) is -1.53. The van der Waals surface area contributed by atoms with Gasteiger partial charge >= 0.3 is 5.97 Å². The van der Waals surface area contributed by atoms with Crippen molar-refractivity contribution in [3.63, 3.8) is 0 Å². The van der Waals surface area contributed by atoms with Gasteiger partial charge in [0.2, 0.25) is 0 Å². The fourth-order valence-electron chi connectivity index (χ4n) is 1.71. The number of benzene rings is 1. The minimum absolute atomic E-state index is 0.148. The van der Waals surface area contributed by atoms with E-state index in [0.29, 0.717) is 5.82 Å². The largest absolute Gasteiger partial charge is 0.478 e. The van der Waals surface area contributed by atoms with Crippen LogP contribution in [0.15, 0.2) is 18.2 Å². The molecular weight excluding hydrogens is 251 g/mol. The summed E-state index contributed by atoms with van der Waals surface area (Å²) in [6, 6.07) is 3.83. The van der Waals surface area contributed by atoms with Gasteiger partial charge in [0.1, 0.15) is 11.5 Å². The third-order valence-electron chi connectivity index (χ3n) is 2.57. The zero-order valence-corrected chi connectivity index (χ0v) is 10.8. The van der Waals surface area contributed by atoms with Gasteiger partial charge in [0, 0.05) is 5.41 Å². The van der Waals surface area contributed by atoms with Crippen molar-refractivity contribution >= 4 is 5.97 Å². The minimum atomic E-state index is -1.23. The summed E-state index contributed by atoms with van der Waals surface area (Å²) in [6.45, 7) is 5.57. The van der Waals surface area contributed by atoms with Crippen LogP contribution in [0, 0.1) is 5.82 Å². The predicted molar refractivity (Wildman–Crippen MR) is 64.8 cm³/mol. The normalized spacial score (nSPS) is 11.6. The molecule has 1 aromatic heterocycles. The standard InChI is InChI=1S/C12H13FN4O2/c1-12(2,3)11-14-15-16-17(11)9-7(10(18)19)5-4-6-8(9)13/h4-6H,1-3H3,(H,18,19). The van der Waals surface area contributed by atoms with E-state index in [1.807, 2.05) is 20.8 Å². The smallest absolute Gasteiger partial charge is 0.338 e. The summed E-state index contributed by atoms with van der Waals surface area (Å²) >= 11 is 0. The number of carboxylic acid groups (broad SMARTS) is 1. The van der Waals surface area contributed by atoms with Crippen LogP contribution in [0.2, 0.25) is 0 Å². The monoisotopic (exact) mass is 264 g/mol. The Kier molecular flexibility index (Phi) is 3.05. The summed E-state index contributed by atoms with van der Waals surface area (Å²) in [6.07, 6.45) is 0. The number of carboxylic acids is 1. The molecule has 0 atom stereocenters. The Morgan fingerprint density at radius 1 is 1.37 bits per heavy atom. The van der Waals surface area contributed by atoms with E-state index >= 15 is 0 Å². The molecular formula is C12H13FN4O2. The van der Waals surface area contributed by atoms with Gasteiger partial charge in [-0.3, -0.25) is 0 Å². The maximum Gasteiger partial charge on any atom is 0.338 e. The first-order valence-corrected chi connectivity index (χ1v) is 5.63. The van der Waals surface area contributed by atoms with Gasteiger partial charge in [-0.2, -0.15) is 4.68 Å². The summed E-state index contributed by atoms with van der Waals surface area (Å²) < 4.78 is 15.1. The molecule has 100 valence electrons. The molecule has 0 saturated carbocycles. The van der Waals surface area contributed by atoms with E-state index in [0.717, 1.165) is 4.68 Å². The Morgan fingerprint density at radius 3 is 2.63 bits per heavy atom. The molecule has 0 bridgehead atoms. The second-order valence-electron chi connectivity index (χ2n) is 5.11. The van der Waals surface area contributed by atoms with Crippen LogP contribution in [0.1, 0.15) is 37.0 Å². The van der Waals surface area contributed by atoms with Gasteiger partial charge in [-0.1, -0.05) is 26.8 Å². The number of rotatable bonds is 2. The number of tetrazole rings is 1. The molecule has 0 aliphatic rings. The van der Waals surface area contributed by atoms with Crippen molar-refractivity contribution in [3.8, 4) is 5.69 Å². The van der Waals surface area contributed by atoms with Gasteiger partial charge in [-0.05, 0) is 22.6 Å². The lowest BCUT2D eigenvalue weighted by Gasteiger charge is -2.18. The Labute approximate surface area is 108 Å². The second-order valence-corrected chi connectivity index (χ2v) is 5.11. The first kappa shape index (κ1) is 13.1.